The van der Waals surface area contributed by atoms with E-state index in [2.05, 4.69) is 17.1 Å². The van der Waals surface area contributed by atoms with Gasteiger partial charge in [0, 0.05) is 0 Å². The van der Waals surface area contributed by atoms with Crippen LogP contribution in [0.4, 0.5) is 0 Å². The molecular weight excluding hydrogens is 260 g/mol. The fourth-order valence-corrected chi connectivity index (χ4v) is 2.42. The summed E-state index contributed by atoms with van der Waals surface area (Å²) in [6.45, 7) is 2.24. The molecule has 0 aliphatic rings. The average molecular weight is 286 g/mol. The van der Waals surface area contributed by atoms with Gasteiger partial charge in [0.1, 0.15) is 0 Å². The summed E-state index contributed by atoms with van der Waals surface area (Å²) in [7, 11) is 0. The van der Waals surface area contributed by atoms with Crippen molar-refractivity contribution in [3.05, 3.63) is 42.2 Å². The molecule has 0 bridgehead atoms. The topological polar surface area (TPSA) is 56.7 Å². The van der Waals surface area contributed by atoms with E-state index in [1.165, 1.54) is 38.5 Å². The Kier molecular flexibility index (Phi) is 6.41. The molecule has 2 aromatic rings. The minimum atomic E-state index is -0.00589. The third-order valence-electron chi connectivity index (χ3n) is 3.75. The monoisotopic (exact) mass is 286 g/mol. The number of para-hydroxylation sites is 1. The predicted molar refractivity (Wildman–Crippen MR) is 86.3 cm³/mol. The first-order chi connectivity index (χ1) is 10.3. The molecule has 1 unspecified atom stereocenters. The summed E-state index contributed by atoms with van der Waals surface area (Å²) < 4.78 is 0. The van der Waals surface area contributed by atoms with Crippen molar-refractivity contribution in [2.24, 2.45) is 5.73 Å². The van der Waals surface area contributed by atoms with Gasteiger partial charge in [0.2, 0.25) is 0 Å². The number of hydrogen-bond donors (Lipinski definition) is 1. The second-order valence-electron chi connectivity index (χ2n) is 5.56. The number of hydrogen-bond acceptors (Lipinski definition) is 3. The second-order valence-corrected chi connectivity index (χ2v) is 5.56. The Labute approximate surface area is 127 Å². The van der Waals surface area contributed by atoms with Gasteiger partial charge < -0.3 is 5.73 Å². The van der Waals surface area contributed by atoms with Gasteiger partial charge in [-0.05, 0) is 18.6 Å². The van der Waals surface area contributed by atoms with E-state index in [0.29, 0.717) is 0 Å². The van der Waals surface area contributed by atoms with Gasteiger partial charge in [0.15, 0.2) is 0 Å². The number of unbranched alkanes of at least 4 members (excludes halogenated alkanes) is 5. The van der Waals surface area contributed by atoms with Gasteiger partial charge in [-0.3, -0.25) is 0 Å². The van der Waals surface area contributed by atoms with Crippen molar-refractivity contribution in [2.75, 3.05) is 0 Å². The molecule has 2 N–H and O–H groups in total. The Balaban J connectivity index is 1.78. The Morgan fingerprint density at radius 2 is 1.76 bits per heavy atom. The van der Waals surface area contributed by atoms with E-state index in [1.807, 2.05) is 30.3 Å². The van der Waals surface area contributed by atoms with Crippen LogP contribution >= 0.6 is 0 Å². The molecule has 0 spiro atoms. The fourth-order valence-electron chi connectivity index (χ4n) is 2.42. The summed E-state index contributed by atoms with van der Waals surface area (Å²) in [4.78, 5) is 1.65. The Bertz CT molecular complexity index is 507. The highest BCUT2D eigenvalue weighted by Crippen LogP contribution is 2.16. The number of nitrogens with zero attached hydrogens (tertiary/aromatic N) is 3. The molecule has 1 heterocycles. The minimum Gasteiger partial charge on any atom is -0.323 e. The van der Waals surface area contributed by atoms with Crippen LogP contribution < -0.4 is 5.73 Å². The lowest BCUT2D eigenvalue weighted by atomic mass is 10.0. The van der Waals surface area contributed by atoms with Gasteiger partial charge in [0.05, 0.1) is 23.6 Å². The smallest absolute Gasteiger partial charge is 0.0998 e. The number of benzene rings is 1. The first-order valence-electron chi connectivity index (χ1n) is 8.04. The van der Waals surface area contributed by atoms with Crippen molar-refractivity contribution in [1.82, 2.24) is 15.0 Å². The van der Waals surface area contributed by atoms with Crippen LogP contribution in [-0.4, -0.2) is 15.0 Å². The van der Waals surface area contributed by atoms with E-state index >= 15 is 0 Å². The second kappa shape index (κ2) is 8.57. The van der Waals surface area contributed by atoms with Crippen LogP contribution in [0.5, 0.6) is 0 Å². The highest BCUT2D eigenvalue weighted by Gasteiger charge is 2.10. The standard InChI is InChI=1S/C17H26N4/c1-2-3-4-5-6-10-13-16(18)17-14-19-21(20-17)15-11-8-7-9-12-15/h7-9,11-12,14,16H,2-6,10,13,18H2,1H3. The van der Waals surface area contributed by atoms with Crippen molar-refractivity contribution in [2.45, 2.75) is 57.9 Å². The first-order valence-corrected chi connectivity index (χ1v) is 8.04. The van der Waals surface area contributed by atoms with Crippen LogP contribution in [0.15, 0.2) is 36.5 Å². The molecule has 1 aromatic heterocycles. The van der Waals surface area contributed by atoms with E-state index in [0.717, 1.165) is 17.8 Å². The summed E-state index contributed by atoms with van der Waals surface area (Å²) >= 11 is 0. The predicted octanol–water partition coefficient (Wildman–Crippen LogP) is 4.02. The Morgan fingerprint density at radius 1 is 1.05 bits per heavy atom. The van der Waals surface area contributed by atoms with Gasteiger partial charge >= 0.3 is 0 Å². The summed E-state index contributed by atoms with van der Waals surface area (Å²) in [6.07, 6.45) is 10.5. The van der Waals surface area contributed by atoms with Crippen LogP contribution in [0.1, 0.15) is 63.6 Å². The van der Waals surface area contributed by atoms with Crippen LogP contribution in [0.2, 0.25) is 0 Å². The highest BCUT2D eigenvalue weighted by atomic mass is 15.5. The molecule has 4 nitrogen and oxygen atoms in total. The van der Waals surface area contributed by atoms with Crippen LogP contribution in [0, 0.1) is 0 Å². The molecule has 21 heavy (non-hydrogen) atoms. The SMILES string of the molecule is CCCCCCCCC(N)c1cnn(-c2ccccc2)n1. The van der Waals surface area contributed by atoms with Crippen molar-refractivity contribution in [3.63, 3.8) is 0 Å². The maximum Gasteiger partial charge on any atom is 0.0998 e. The molecule has 4 heteroatoms. The molecule has 0 aliphatic heterocycles. The third kappa shape index (κ3) is 4.97. The molecule has 1 aromatic carbocycles. The lowest BCUT2D eigenvalue weighted by Gasteiger charge is -2.07. The summed E-state index contributed by atoms with van der Waals surface area (Å²) in [5.41, 5.74) is 8.06. The quantitative estimate of drug-likeness (QED) is 0.708. The van der Waals surface area contributed by atoms with Gasteiger partial charge in [0.25, 0.3) is 0 Å². The number of rotatable bonds is 9. The van der Waals surface area contributed by atoms with E-state index in [9.17, 15) is 0 Å². The number of nitrogens with two attached hydrogens (primary N) is 1. The average Bonchev–Trinajstić information content (AvgIpc) is 3.01. The van der Waals surface area contributed by atoms with Gasteiger partial charge in [-0.1, -0.05) is 63.6 Å². The Morgan fingerprint density at radius 3 is 2.52 bits per heavy atom. The van der Waals surface area contributed by atoms with E-state index in [4.69, 9.17) is 5.73 Å². The molecule has 1 atom stereocenters. The van der Waals surface area contributed by atoms with Crippen LogP contribution in [0.3, 0.4) is 0 Å². The van der Waals surface area contributed by atoms with E-state index in [1.54, 1.807) is 11.0 Å². The summed E-state index contributed by atoms with van der Waals surface area (Å²) in [6, 6.07) is 9.92. The summed E-state index contributed by atoms with van der Waals surface area (Å²) in [5, 5.41) is 8.79. The maximum absolute atomic E-state index is 6.21. The van der Waals surface area contributed by atoms with Crippen LogP contribution in [0.25, 0.3) is 5.69 Å². The van der Waals surface area contributed by atoms with Gasteiger partial charge in [-0.15, -0.1) is 0 Å². The third-order valence-corrected chi connectivity index (χ3v) is 3.75. The molecule has 2 rings (SSSR count). The molecule has 0 saturated carbocycles. The van der Waals surface area contributed by atoms with Gasteiger partial charge in [-0.2, -0.15) is 15.0 Å². The van der Waals surface area contributed by atoms with Gasteiger partial charge in [-0.25, -0.2) is 0 Å². The van der Waals surface area contributed by atoms with Crippen LogP contribution in [-0.2, 0) is 0 Å². The highest BCUT2D eigenvalue weighted by molar-refractivity contribution is 5.28. The molecule has 0 aliphatic carbocycles. The Hall–Kier alpha value is -1.68. The van der Waals surface area contributed by atoms with Crippen molar-refractivity contribution < 1.29 is 0 Å². The van der Waals surface area contributed by atoms with Crippen molar-refractivity contribution in [1.29, 1.82) is 0 Å². The lowest BCUT2D eigenvalue weighted by Crippen LogP contribution is -2.11. The van der Waals surface area contributed by atoms with E-state index in [-0.39, 0.29) is 6.04 Å². The van der Waals surface area contributed by atoms with Crippen molar-refractivity contribution in [3.8, 4) is 5.69 Å². The van der Waals surface area contributed by atoms with Crippen molar-refractivity contribution >= 4 is 0 Å². The maximum atomic E-state index is 6.21. The molecule has 0 radical (unpaired) electrons. The lowest BCUT2D eigenvalue weighted by molar-refractivity contribution is 0.538. The zero-order valence-corrected chi connectivity index (χ0v) is 12.9. The molecule has 0 saturated heterocycles. The van der Waals surface area contributed by atoms with E-state index < -0.39 is 0 Å². The first kappa shape index (κ1) is 15.7. The zero-order valence-electron chi connectivity index (χ0n) is 12.9. The molecule has 114 valence electrons. The molecule has 0 amide bonds. The fraction of sp³-hybridized carbons (Fsp3) is 0.529. The number of aromatic nitrogens is 3. The normalized spacial score (nSPS) is 12.5. The molecular formula is C17H26N4. The minimum absolute atomic E-state index is 0.00589. The largest absolute Gasteiger partial charge is 0.323 e. The summed E-state index contributed by atoms with van der Waals surface area (Å²) in [5.74, 6) is 0. The molecule has 0 fully saturated rings. The zero-order chi connectivity index (χ0) is 14.9.